The molecule has 0 saturated carbocycles. The highest BCUT2D eigenvalue weighted by atomic mass is 79.9. The van der Waals surface area contributed by atoms with E-state index in [9.17, 15) is 4.79 Å². The molecule has 25 heavy (non-hydrogen) atoms. The fraction of sp³-hybridized carbons (Fsp3) is 0.263. The van der Waals surface area contributed by atoms with E-state index in [4.69, 9.17) is 12.2 Å². The molecule has 0 aliphatic carbocycles. The zero-order valence-electron chi connectivity index (χ0n) is 13.9. The van der Waals surface area contributed by atoms with Gasteiger partial charge in [0.1, 0.15) is 6.54 Å². The summed E-state index contributed by atoms with van der Waals surface area (Å²) in [5.74, 6) is -0.156. The Labute approximate surface area is 161 Å². The van der Waals surface area contributed by atoms with E-state index in [0.717, 1.165) is 37.2 Å². The standard InChI is InChI=1S/C19H20BrN3OS/c20-17-8-6-16(7-9-17)18(24)21-19(25)23-12-10-22(11-13-23)14-15-4-2-1-3-5-15/h1-9H,10-14H2,(H,21,24,25)/p+1. The normalized spacial score (nSPS) is 15.0. The Morgan fingerprint density at radius 1 is 1.08 bits per heavy atom. The molecule has 0 bridgehead atoms. The van der Waals surface area contributed by atoms with E-state index in [1.165, 1.54) is 5.56 Å². The Morgan fingerprint density at radius 2 is 1.72 bits per heavy atom. The van der Waals surface area contributed by atoms with Gasteiger partial charge in [0.25, 0.3) is 5.91 Å². The van der Waals surface area contributed by atoms with Crippen LogP contribution in [-0.4, -0.2) is 42.1 Å². The van der Waals surface area contributed by atoms with Crippen molar-refractivity contribution in [3.8, 4) is 0 Å². The fourth-order valence-corrected chi connectivity index (χ4v) is 3.48. The molecule has 130 valence electrons. The molecular weight excluding hydrogens is 398 g/mol. The summed E-state index contributed by atoms with van der Waals surface area (Å²) in [7, 11) is 0. The van der Waals surface area contributed by atoms with Crippen molar-refractivity contribution in [2.75, 3.05) is 26.2 Å². The third kappa shape index (κ3) is 5.11. The predicted octanol–water partition coefficient (Wildman–Crippen LogP) is 1.86. The van der Waals surface area contributed by atoms with Gasteiger partial charge >= 0.3 is 0 Å². The van der Waals surface area contributed by atoms with E-state index in [0.29, 0.717) is 10.7 Å². The molecule has 0 spiro atoms. The first-order chi connectivity index (χ1) is 12.1. The van der Waals surface area contributed by atoms with Crippen molar-refractivity contribution in [1.82, 2.24) is 10.2 Å². The van der Waals surface area contributed by atoms with Crippen LogP contribution in [0.15, 0.2) is 59.1 Å². The fourth-order valence-electron chi connectivity index (χ4n) is 2.94. The molecule has 2 aromatic carbocycles. The summed E-state index contributed by atoms with van der Waals surface area (Å²) in [6.07, 6.45) is 0. The number of hydrogen-bond donors (Lipinski definition) is 2. The van der Waals surface area contributed by atoms with Crippen LogP contribution in [0.25, 0.3) is 0 Å². The van der Waals surface area contributed by atoms with Gasteiger partial charge in [-0.15, -0.1) is 0 Å². The summed E-state index contributed by atoms with van der Waals surface area (Å²) in [6, 6.07) is 17.8. The van der Waals surface area contributed by atoms with Crippen LogP contribution in [0.1, 0.15) is 15.9 Å². The van der Waals surface area contributed by atoms with E-state index in [1.807, 2.05) is 18.2 Å². The quantitative estimate of drug-likeness (QED) is 0.746. The van der Waals surface area contributed by atoms with Gasteiger partial charge in [0.15, 0.2) is 5.11 Å². The average Bonchev–Trinajstić information content (AvgIpc) is 2.63. The summed E-state index contributed by atoms with van der Waals surface area (Å²) >= 11 is 8.79. The largest absolute Gasteiger partial charge is 0.338 e. The van der Waals surface area contributed by atoms with Gasteiger partial charge in [-0.1, -0.05) is 46.3 Å². The number of rotatable bonds is 3. The molecule has 1 saturated heterocycles. The first-order valence-electron chi connectivity index (χ1n) is 8.35. The van der Waals surface area contributed by atoms with E-state index in [2.05, 4.69) is 50.4 Å². The topological polar surface area (TPSA) is 36.8 Å². The van der Waals surface area contributed by atoms with Gasteiger partial charge in [-0.25, -0.2) is 0 Å². The zero-order valence-corrected chi connectivity index (χ0v) is 16.3. The van der Waals surface area contributed by atoms with Gasteiger partial charge in [0, 0.05) is 15.6 Å². The Balaban J connectivity index is 1.48. The molecule has 4 nitrogen and oxygen atoms in total. The molecule has 1 fully saturated rings. The lowest BCUT2D eigenvalue weighted by Crippen LogP contribution is -3.13. The Hall–Kier alpha value is -1.76. The number of carbonyl (C=O) groups is 1. The number of nitrogens with zero attached hydrogens (tertiary/aromatic N) is 1. The van der Waals surface area contributed by atoms with Gasteiger partial charge in [-0.05, 0) is 36.5 Å². The van der Waals surface area contributed by atoms with Crippen LogP contribution in [0.4, 0.5) is 0 Å². The van der Waals surface area contributed by atoms with Crippen molar-refractivity contribution in [3.63, 3.8) is 0 Å². The Morgan fingerprint density at radius 3 is 2.36 bits per heavy atom. The summed E-state index contributed by atoms with van der Waals surface area (Å²) in [6.45, 7) is 4.79. The average molecular weight is 419 g/mol. The minimum atomic E-state index is -0.156. The van der Waals surface area contributed by atoms with Crippen molar-refractivity contribution in [2.45, 2.75) is 6.54 Å². The summed E-state index contributed by atoms with van der Waals surface area (Å²) in [4.78, 5) is 15.9. The minimum Gasteiger partial charge on any atom is -0.338 e. The highest BCUT2D eigenvalue weighted by molar-refractivity contribution is 9.10. The molecule has 1 amide bonds. The molecule has 1 aliphatic heterocycles. The molecule has 0 atom stereocenters. The molecule has 6 heteroatoms. The molecule has 2 N–H and O–H groups in total. The number of nitrogens with one attached hydrogen (secondary N) is 2. The first-order valence-corrected chi connectivity index (χ1v) is 9.55. The van der Waals surface area contributed by atoms with Crippen molar-refractivity contribution >= 4 is 39.2 Å². The van der Waals surface area contributed by atoms with Gasteiger partial charge < -0.3 is 9.80 Å². The van der Waals surface area contributed by atoms with Gasteiger partial charge in [-0.3, -0.25) is 10.1 Å². The second-order valence-corrected chi connectivity index (χ2v) is 7.47. The molecule has 1 heterocycles. The first kappa shape index (κ1) is 18.0. The summed E-state index contributed by atoms with van der Waals surface area (Å²) < 4.78 is 0.948. The second kappa shape index (κ2) is 8.56. The SMILES string of the molecule is O=C(NC(=S)N1CC[NH+](Cc2ccccc2)CC1)c1ccc(Br)cc1. The number of thiocarbonyl (C=S) groups is 1. The van der Waals surface area contributed by atoms with Crippen LogP contribution < -0.4 is 10.2 Å². The third-order valence-electron chi connectivity index (χ3n) is 4.38. The highest BCUT2D eigenvalue weighted by Crippen LogP contribution is 2.10. The number of hydrogen-bond acceptors (Lipinski definition) is 2. The van der Waals surface area contributed by atoms with Crippen LogP contribution in [0.2, 0.25) is 0 Å². The Bertz CT molecular complexity index is 728. The minimum absolute atomic E-state index is 0.156. The van der Waals surface area contributed by atoms with Crippen LogP contribution >= 0.6 is 28.1 Å². The van der Waals surface area contributed by atoms with Crippen LogP contribution in [0.5, 0.6) is 0 Å². The predicted molar refractivity (Wildman–Crippen MR) is 107 cm³/mol. The second-order valence-electron chi connectivity index (χ2n) is 6.17. The van der Waals surface area contributed by atoms with E-state index in [1.54, 1.807) is 17.0 Å². The molecule has 3 rings (SSSR count). The zero-order chi connectivity index (χ0) is 17.6. The highest BCUT2D eigenvalue weighted by Gasteiger charge is 2.22. The van der Waals surface area contributed by atoms with Crippen molar-refractivity contribution in [2.24, 2.45) is 0 Å². The van der Waals surface area contributed by atoms with E-state index >= 15 is 0 Å². The molecule has 0 radical (unpaired) electrons. The number of piperazine rings is 1. The number of quaternary nitrogens is 1. The lowest BCUT2D eigenvalue weighted by molar-refractivity contribution is -0.917. The maximum absolute atomic E-state index is 12.3. The summed E-state index contributed by atoms with van der Waals surface area (Å²) in [5.41, 5.74) is 1.97. The lowest BCUT2D eigenvalue weighted by atomic mass is 10.2. The molecule has 0 unspecified atom stereocenters. The number of carbonyl (C=O) groups excluding carboxylic acids is 1. The maximum Gasteiger partial charge on any atom is 0.257 e. The van der Waals surface area contributed by atoms with Crippen LogP contribution in [-0.2, 0) is 6.54 Å². The molecular formula is C19H21BrN3OS+. The Kier molecular flexibility index (Phi) is 6.18. The van der Waals surface area contributed by atoms with Crippen LogP contribution in [0, 0.1) is 0 Å². The van der Waals surface area contributed by atoms with Gasteiger partial charge in [-0.2, -0.15) is 0 Å². The number of benzene rings is 2. The van der Waals surface area contributed by atoms with Gasteiger partial charge in [0.05, 0.1) is 26.2 Å². The molecule has 0 aromatic heterocycles. The van der Waals surface area contributed by atoms with E-state index < -0.39 is 0 Å². The molecule has 2 aromatic rings. The van der Waals surface area contributed by atoms with E-state index in [-0.39, 0.29) is 5.91 Å². The molecule has 1 aliphatic rings. The number of halogens is 1. The number of amides is 1. The van der Waals surface area contributed by atoms with Crippen molar-refractivity contribution in [3.05, 3.63) is 70.2 Å². The smallest absolute Gasteiger partial charge is 0.257 e. The van der Waals surface area contributed by atoms with Crippen molar-refractivity contribution in [1.29, 1.82) is 0 Å². The summed E-state index contributed by atoms with van der Waals surface area (Å²) in [5, 5.41) is 3.36. The van der Waals surface area contributed by atoms with Crippen molar-refractivity contribution < 1.29 is 9.69 Å². The third-order valence-corrected chi connectivity index (χ3v) is 5.27. The monoisotopic (exact) mass is 418 g/mol. The lowest BCUT2D eigenvalue weighted by Gasteiger charge is -2.33. The van der Waals surface area contributed by atoms with Gasteiger partial charge in [0.2, 0.25) is 0 Å². The van der Waals surface area contributed by atoms with Crippen LogP contribution in [0.3, 0.4) is 0 Å². The maximum atomic E-state index is 12.3.